The molecule has 43 heavy (non-hydrogen) atoms. The van der Waals surface area contributed by atoms with E-state index < -0.39 is 35.4 Å². The van der Waals surface area contributed by atoms with Crippen LogP contribution in [0.3, 0.4) is 0 Å². The summed E-state index contributed by atoms with van der Waals surface area (Å²) in [7, 11) is 1.32. The molecule has 2 aromatic carbocycles. The van der Waals surface area contributed by atoms with Gasteiger partial charge in [-0.1, -0.05) is 81.4 Å². The second-order valence-electron chi connectivity index (χ2n) is 11.6. The molecule has 1 unspecified atom stereocenters. The summed E-state index contributed by atoms with van der Waals surface area (Å²) < 4.78 is 12.5. The van der Waals surface area contributed by atoms with Crippen molar-refractivity contribution < 1.29 is 28.7 Å². The van der Waals surface area contributed by atoms with Crippen molar-refractivity contribution in [3.63, 3.8) is 0 Å². The molecule has 2 heterocycles. The van der Waals surface area contributed by atoms with Gasteiger partial charge in [0.15, 0.2) is 0 Å². The van der Waals surface area contributed by atoms with E-state index >= 15 is 0 Å². The number of esters is 1. The number of nitrogens with zero attached hydrogens (tertiary/aromatic N) is 2. The number of hydrogen-bond acceptors (Lipinski definition) is 6. The van der Waals surface area contributed by atoms with Gasteiger partial charge in [0, 0.05) is 24.4 Å². The molecular weight excluding hydrogens is 548 g/mol. The minimum Gasteiger partial charge on any atom is -0.467 e. The Hall–Kier alpha value is -4.44. The van der Waals surface area contributed by atoms with Crippen LogP contribution in [-0.4, -0.2) is 65.5 Å². The Morgan fingerprint density at radius 2 is 1.65 bits per heavy atom. The maximum Gasteiger partial charge on any atom is 0.328 e. The zero-order valence-corrected chi connectivity index (χ0v) is 25.1. The van der Waals surface area contributed by atoms with Crippen LogP contribution < -0.4 is 10.6 Å². The molecule has 3 atom stereocenters. The summed E-state index contributed by atoms with van der Waals surface area (Å²) in [5.74, 6) is -1.40. The van der Waals surface area contributed by atoms with E-state index in [1.165, 1.54) is 7.11 Å². The van der Waals surface area contributed by atoms with Gasteiger partial charge in [0.2, 0.25) is 11.8 Å². The predicted molar refractivity (Wildman–Crippen MR) is 162 cm³/mol. The number of likely N-dealkylation sites (tertiary alicyclic amines) is 1. The molecular formula is C33H40N4O6. The second-order valence-corrected chi connectivity index (χ2v) is 11.6. The molecule has 228 valence electrons. The molecule has 0 spiro atoms. The Kier molecular flexibility index (Phi) is 10.4. The Balaban J connectivity index is 1.53. The van der Waals surface area contributed by atoms with Crippen LogP contribution in [0, 0.1) is 5.41 Å². The lowest BCUT2D eigenvalue weighted by molar-refractivity contribution is -0.151. The van der Waals surface area contributed by atoms with Crippen LogP contribution in [0.25, 0.3) is 0 Å². The smallest absolute Gasteiger partial charge is 0.328 e. The van der Waals surface area contributed by atoms with Crippen LogP contribution in [0.4, 0.5) is 5.69 Å². The van der Waals surface area contributed by atoms with Gasteiger partial charge in [0.1, 0.15) is 18.1 Å². The van der Waals surface area contributed by atoms with Crippen molar-refractivity contribution in [3.8, 4) is 0 Å². The average Bonchev–Trinajstić information content (AvgIpc) is 3.67. The molecule has 3 amide bonds. The first-order chi connectivity index (χ1) is 20.6. The fourth-order valence-electron chi connectivity index (χ4n) is 4.95. The quantitative estimate of drug-likeness (QED) is 0.328. The third kappa shape index (κ3) is 8.10. The summed E-state index contributed by atoms with van der Waals surface area (Å²) in [6.45, 7) is 6.02. The molecule has 10 nitrogen and oxygen atoms in total. The van der Waals surface area contributed by atoms with Crippen LogP contribution >= 0.6 is 0 Å². The monoisotopic (exact) mass is 588 g/mol. The summed E-state index contributed by atoms with van der Waals surface area (Å²) in [6.07, 6.45) is 4.63. The Bertz CT molecular complexity index is 1400. The van der Waals surface area contributed by atoms with Crippen molar-refractivity contribution in [3.05, 3.63) is 90.3 Å². The fourth-order valence-corrected chi connectivity index (χ4v) is 4.95. The highest BCUT2D eigenvalue weighted by Crippen LogP contribution is 2.28. The van der Waals surface area contributed by atoms with Gasteiger partial charge >= 0.3 is 5.97 Å². The molecule has 10 heteroatoms. The number of ether oxygens (including phenoxy) is 2. The van der Waals surface area contributed by atoms with Crippen LogP contribution in [0.15, 0.2) is 79.1 Å². The number of amides is 3. The number of methoxy groups -OCH3 is 1. The Labute approximate surface area is 252 Å². The first-order valence-electron chi connectivity index (χ1n) is 14.4. The van der Waals surface area contributed by atoms with E-state index in [1.807, 2.05) is 60.7 Å². The molecule has 0 bridgehead atoms. The van der Waals surface area contributed by atoms with Crippen molar-refractivity contribution in [2.24, 2.45) is 5.41 Å². The molecule has 0 saturated carbocycles. The summed E-state index contributed by atoms with van der Waals surface area (Å²) in [4.78, 5) is 54.1. The zero-order chi connectivity index (χ0) is 31.0. The van der Waals surface area contributed by atoms with E-state index in [2.05, 4.69) is 10.6 Å². The SMILES string of the molecule is COC(=O)[C@@H]1CCCN1C(=O)C(c1ccccc1)n1ccc(NC(=O)[C@@H](COCc2ccccc2)NC(=O)C(C)(C)C)c1. The average molecular weight is 589 g/mol. The summed E-state index contributed by atoms with van der Waals surface area (Å²) in [6, 6.07) is 18.2. The van der Waals surface area contributed by atoms with Crippen molar-refractivity contribution >= 4 is 29.4 Å². The van der Waals surface area contributed by atoms with Gasteiger partial charge in [-0.2, -0.15) is 0 Å². The number of rotatable bonds is 11. The van der Waals surface area contributed by atoms with Crippen molar-refractivity contribution in [1.82, 2.24) is 14.8 Å². The van der Waals surface area contributed by atoms with E-state index in [-0.39, 0.29) is 25.0 Å². The molecule has 0 aliphatic carbocycles. The van der Waals surface area contributed by atoms with E-state index in [0.29, 0.717) is 25.1 Å². The van der Waals surface area contributed by atoms with E-state index in [9.17, 15) is 19.2 Å². The molecule has 1 aliphatic rings. The Morgan fingerprint density at radius 3 is 2.30 bits per heavy atom. The van der Waals surface area contributed by atoms with Crippen molar-refractivity contribution in [2.75, 3.05) is 25.6 Å². The van der Waals surface area contributed by atoms with Crippen LogP contribution in [0.5, 0.6) is 0 Å². The van der Waals surface area contributed by atoms with Crippen molar-refractivity contribution in [2.45, 2.75) is 58.3 Å². The molecule has 2 N–H and O–H groups in total. The van der Waals surface area contributed by atoms with Crippen LogP contribution in [0.2, 0.25) is 0 Å². The van der Waals surface area contributed by atoms with Crippen LogP contribution in [0.1, 0.15) is 50.8 Å². The number of aromatic nitrogens is 1. The lowest BCUT2D eigenvalue weighted by Crippen LogP contribution is -2.50. The minimum atomic E-state index is -0.948. The highest BCUT2D eigenvalue weighted by Gasteiger charge is 2.39. The highest BCUT2D eigenvalue weighted by molar-refractivity contribution is 5.98. The van der Waals surface area contributed by atoms with E-state index in [0.717, 1.165) is 11.1 Å². The van der Waals surface area contributed by atoms with Crippen LogP contribution in [-0.2, 0) is 35.3 Å². The van der Waals surface area contributed by atoms with Gasteiger partial charge in [0.05, 0.1) is 26.0 Å². The highest BCUT2D eigenvalue weighted by atomic mass is 16.5. The van der Waals surface area contributed by atoms with Gasteiger partial charge in [0.25, 0.3) is 5.91 Å². The summed E-state index contributed by atoms with van der Waals surface area (Å²) >= 11 is 0. The van der Waals surface area contributed by atoms with Crippen molar-refractivity contribution in [1.29, 1.82) is 0 Å². The number of anilines is 1. The molecule has 1 saturated heterocycles. The second kappa shape index (κ2) is 14.2. The molecule has 1 aromatic heterocycles. The number of benzene rings is 2. The third-order valence-corrected chi connectivity index (χ3v) is 7.34. The largest absolute Gasteiger partial charge is 0.467 e. The lowest BCUT2D eigenvalue weighted by atomic mass is 9.95. The first kappa shape index (κ1) is 31.5. The maximum absolute atomic E-state index is 13.9. The molecule has 4 rings (SSSR count). The molecule has 1 fully saturated rings. The summed E-state index contributed by atoms with van der Waals surface area (Å²) in [5, 5.41) is 5.67. The number of nitrogens with one attached hydrogen (secondary N) is 2. The topological polar surface area (TPSA) is 119 Å². The predicted octanol–water partition coefficient (Wildman–Crippen LogP) is 3.93. The van der Waals surface area contributed by atoms with E-state index in [4.69, 9.17) is 9.47 Å². The van der Waals surface area contributed by atoms with Gasteiger partial charge in [-0.15, -0.1) is 0 Å². The van der Waals surface area contributed by atoms with Gasteiger partial charge in [-0.05, 0) is 30.0 Å². The lowest BCUT2D eigenvalue weighted by Gasteiger charge is -2.28. The minimum absolute atomic E-state index is 0.0295. The maximum atomic E-state index is 13.9. The Morgan fingerprint density at radius 1 is 0.977 bits per heavy atom. The standard InChI is InChI=1S/C33H40N4O6/c1-33(2,3)32(41)35-26(22-43-21-23-12-7-5-8-13-23)29(38)34-25-17-19-36(20-25)28(24-14-9-6-10-15-24)30(39)37-18-11-16-27(37)31(40)42-4/h5-10,12-15,17,19-20,26-28H,11,16,18,21-22H2,1-4H3,(H,34,38)(H,35,41)/t26-,27+,28?/m1/s1. The fraction of sp³-hybridized carbons (Fsp3) is 0.394. The van der Waals surface area contributed by atoms with E-state index in [1.54, 1.807) is 48.7 Å². The molecule has 1 aliphatic heterocycles. The molecule has 0 radical (unpaired) electrons. The zero-order valence-electron chi connectivity index (χ0n) is 25.1. The first-order valence-corrected chi connectivity index (χ1v) is 14.4. The normalized spacial score (nSPS) is 16.3. The number of carbonyl (C=O) groups is 4. The van der Waals surface area contributed by atoms with Gasteiger partial charge in [-0.3, -0.25) is 14.4 Å². The number of carbonyl (C=O) groups excluding carboxylic acids is 4. The van der Waals surface area contributed by atoms with Gasteiger partial charge in [-0.25, -0.2) is 4.79 Å². The molecule has 3 aromatic rings. The summed E-state index contributed by atoms with van der Waals surface area (Å²) in [5.41, 5.74) is 1.43. The number of hydrogen-bond donors (Lipinski definition) is 2. The third-order valence-electron chi connectivity index (χ3n) is 7.34. The van der Waals surface area contributed by atoms with Gasteiger partial charge < -0.3 is 29.6 Å².